The third-order valence-electron chi connectivity index (χ3n) is 2.95. The van der Waals surface area contributed by atoms with Crippen LogP contribution in [0, 0.1) is 0 Å². The van der Waals surface area contributed by atoms with Gasteiger partial charge in [0.1, 0.15) is 0 Å². The van der Waals surface area contributed by atoms with Crippen molar-refractivity contribution in [3.05, 3.63) is 16.6 Å². The molecular formula is C11H18ClN3OS. The minimum absolute atomic E-state index is 0. The lowest BCUT2D eigenvalue weighted by Crippen LogP contribution is -2.46. The molecule has 0 radical (unpaired) electrons. The minimum atomic E-state index is 0. The Morgan fingerprint density at radius 2 is 2.53 bits per heavy atom. The van der Waals surface area contributed by atoms with E-state index in [4.69, 9.17) is 0 Å². The van der Waals surface area contributed by atoms with Gasteiger partial charge in [0.05, 0.1) is 6.54 Å². The van der Waals surface area contributed by atoms with Crippen LogP contribution in [0.25, 0.3) is 0 Å². The largest absolute Gasteiger partial charge is 0.316 e. The average molecular weight is 276 g/mol. The zero-order valence-electron chi connectivity index (χ0n) is 9.89. The number of hydrogen-bond donors (Lipinski definition) is 1. The molecule has 1 atom stereocenters. The first-order valence-electron chi connectivity index (χ1n) is 5.62. The summed E-state index contributed by atoms with van der Waals surface area (Å²) in [7, 11) is 1.98. The Morgan fingerprint density at radius 3 is 3.18 bits per heavy atom. The molecule has 1 aromatic rings. The molecule has 1 unspecified atom stereocenters. The van der Waals surface area contributed by atoms with Crippen LogP contribution in [0.2, 0.25) is 0 Å². The molecule has 96 valence electrons. The fourth-order valence-corrected chi connectivity index (χ4v) is 2.63. The van der Waals surface area contributed by atoms with Gasteiger partial charge < -0.3 is 5.32 Å². The van der Waals surface area contributed by atoms with Crippen molar-refractivity contribution in [1.82, 2.24) is 15.2 Å². The van der Waals surface area contributed by atoms with Crippen LogP contribution in [0.5, 0.6) is 0 Å². The standard InChI is InChI=1S/C11H17N3OS.ClH/c1-12-9-3-2-5-14(7-9)8-10(15)11-13-4-6-16-11;/h4,6,9,12H,2-3,5,7-8H2,1H3;1H. The predicted octanol–water partition coefficient (Wildman–Crippen LogP) is 1.43. The second kappa shape index (κ2) is 7.06. The van der Waals surface area contributed by atoms with Gasteiger partial charge in [0.25, 0.3) is 0 Å². The lowest BCUT2D eigenvalue weighted by molar-refractivity contribution is 0.0901. The Labute approximate surface area is 112 Å². The Balaban J connectivity index is 0.00000144. The summed E-state index contributed by atoms with van der Waals surface area (Å²) in [6, 6.07) is 0.526. The molecule has 0 bridgehead atoms. The molecule has 0 saturated carbocycles. The van der Waals surface area contributed by atoms with Gasteiger partial charge >= 0.3 is 0 Å². The van der Waals surface area contributed by atoms with Crippen LogP contribution in [-0.2, 0) is 0 Å². The number of carbonyl (C=O) groups is 1. The van der Waals surface area contributed by atoms with E-state index in [-0.39, 0.29) is 18.2 Å². The molecule has 2 heterocycles. The van der Waals surface area contributed by atoms with Crippen molar-refractivity contribution in [2.24, 2.45) is 0 Å². The van der Waals surface area contributed by atoms with E-state index < -0.39 is 0 Å². The summed E-state index contributed by atoms with van der Waals surface area (Å²) in [5.41, 5.74) is 0. The van der Waals surface area contributed by atoms with Crippen molar-refractivity contribution in [3.63, 3.8) is 0 Å². The van der Waals surface area contributed by atoms with Crippen LogP contribution in [0.4, 0.5) is 0 Å². The summed E-state index contributed by atoms with van der Waals surface area (Å²) < 4.78 is 0. The van der Waals surface area contributed by atoms with E-state index in [1.165, 1.54) is 17.8 Å². The molecule has 2 rings (SSSR count). The van der Waals surface area contributed by atoms with Crippen LogP contribution < -0.4 is 5.32 Å². The summed E-state index contributed by atoms with van der Waals surface area (Å²) in [5, 5.41) is 5.75. The third-order valence-corrected chi connectivity index (χ3v) is 3.77. The normalized spacial score (nSPS) is 20.9. The van der Waals surface area contributed by atoms with Gasteiger partial charge in [-0.2, -0.15) is 0 Å². The number of thiazole rings is 1. The molecule has 0 amide bonds. The Kier molecular flexibility index (Phi) is 6.05. The van der Waals surface area contributed by atoms with Gasteiger partial charge in [-0.3, -0.25) is 9.69 Å². The second-order valence-electron chi connectivity index (χ2n) is 4.12. The Bertz CT molecular complexity index is 344. The fourth-order valence-electron chi connectivity index (χ4n) is 2.07. The van der Waals surface area contributed by atoms with Crippen molar-refractivity contribution >= 4 is 29.5 Å². The van der Waals surface area contributed by atoms with Crippen LogP contribution in [0.15, 0.2) is 11.6 Å². The topological polar surface area (TPSA) is 45.2 Å². The third kappa shape index (κ3) is 4.03. The SMILES string of the molecule is CNC1CCCN(CC(=O)c2nccs2)C1.Cl. The number of nitrogens with one attached hydrogen (secondary N) is 1. The van der Waals surface area contributed by atoms with Crippen molar-refractivity contribution in [2.75, 3.05) is 26.7 Å². The van der Waals surface area contributed by atoms with E-state index >= 15 is 0 Å². The highest BCUT2D eigenvalue weighted by Gasteiger charge is 2.21. The molecule has 1 fully saturated rings. The molecular weight excluding hydrogens is 258 g/mol. The predicted molar refractivity (Wildman–Crippen MR) is 72.2 cm³/mol. The summed E-state index contributed by atoms with van der Waals surface area (Å²) in [5.74, 6) is 0.145. The maximum atomic E-state index is 11.9. The van der Waals surface area contributed by atoms with Gasteiger partial charge in [0.15, 0.2) is 5.01 Å². The summed E-state index contributed by atoms with van der Waals surface area (Å²) in [6.45, 7) is 2.49. The molecule has 0 aromatic carbocycles. The number of rotatable bonds is 4. The van der Waals surface area contributed by atoms with Gasteiger partial charge in [-0.25, -0.2) is 4.98 Å². The fraction of sp³-hybridized carbons (Fsp3) is 0.636. The zero-order chi connectivity index (χ0) is 11.4. The number of piperidine rings is 1. The van der Waals surface area contributed by atoms with E-state index in [0.29, 0.717) is 17.6 Å². The Morgan fingerprint density at radius 1 is 1.71 bits per heavy atom. The molecule has 17 heavy (non-hydrogen) atoms. The smallest absolute Gasteiger partial charge is 0.205 e. The average Bonchev–Trinajstić information content (AvgIpc) is 2.83. The van der Waals surface area contributed by atoms with Crippen LogP contribution in [-0.4, -0.2) is 48.4 Å². The van der Waals surface area contributed by atoms with Crippen LogP contribution in [0.3, 0.4) is 0 Å². The minimum Gasteiger partial charge on any atom is -0.316 e. The van der Waals surface area contributed by atoms with Crippen molar-refractivity contribution in [3.8, 4) is 0 Å². The van der Waals surface area contributed by atoms with E-state index in [1.807, 2.05) is 12.4 Å². The van der Waals surface area contributed by atoms with E-state index in [2.05, 4.69) is 15.2 Å². The number of halogens is 1. The highest BCUT2D eigenvalue weighted by atomic mass is 35.5. The lowest BCUT2D eigenvalue weighted by atomic mass is 10.1. The molecule has 1 N–H and O–H groups in total. The molecule has 6 heteroatoms. The lowest BCUT2D eigenvalue weighted by Gasteiger charge is -2.31. The summed E-state index contributed by atoms with van der Waals surface area (Å²) >= 11 is 1.42. The monoisotopic (exact) mass is 275 g/mol. The van der Waals surface area contributed by atoms with Crippen molar-refractivity contribution in [1.29, 1.82) is 0 Å². The first kappa shape index (κ1) is 14.6. The number of hydrogen-bond acceptors (Lipinski definition) is 5. The molecule has 1 aromatic heterocycles. The van der Waals surface area contributed by atoms with Crippen LogP contribution in [0.1, 0.15) is 22.6 Å². The van der Waals surface area contributed by atoms with Gasteiger partial charge in [-0.15, -0.1) is 23.7 Å². The highest BCUT2D eigenvalue weighted by Crippen LogP contribution is 2.12. The van der Waals surface area contributed by atoms with Gasteiger partial charge in [-0.05, 0) is 26.4 Å². The number of likely N-dealkylation sites (tertiary alicyclic amines) is 1. The first-order valence-corrected chi connectivity index (χ1v) is 6.50. The summed E-state index contributed by atoms with van der Waals surface area (Å²) in [4.78, 5) is 18.1. The van der Waals surface area contributed by atoms with Crippen LogP contribution >= 0.6 is 23.7 Å². The van der Waals surface area contributed by atoms with Gasteiger partial charge in [0, 0.05) is 24.2 Å². The number of carbonyl (C=O) groups excluding carboxylic acids is 1. The molecule has 1 aliphatic heterocycles. The highest BCUT2D eigenvalue weighted by molar-refractivity contribution is 7.11. The molecule has 0 aliphatic carbocycles. The Hall–Kier alpha value is -0.490. The van der Waals surface area contributed by atoms with E-state index in [0.717, 1.165) is 19.5 Å². The number of ketones is 1. The first-order chi connectivity index (χ1) is 7.79. The number of aromatic nitrogens is 1. The second-order valence-corrected chi connectivity index (χ2v) is 5.02. The maximum Gasteiger partial charge on any atom is 0.205 e. The zero-order valence-corrected chi connectivity index (χ0v) is 11.5. The van der Waals surface area contributed by atoms with Gasteiger partial charge in [0.2, 0.25) is 5.78 Å². The number of Topliss-reactive ketones (excluding diaryl/α,β-unsaturated/α-hetero) is 1. The van der Waals surface area contributed by atoms with Gasteiger partial charge in [-0.1, -0.05) is 0 Å². The summed E-state index contributed by atoms with van der Waals surface area (Å²) in [6.07, 6.45) is 4.06. The number of likely N-dealkylation sites (N-methyl/N-ethyl adjacent to an activating group) is 1. The number of nitrogens with zero attached hydrogens (tertiary/aromatic N) is 2. The van der Waals surface area contributed by atoms with E-state index in [9.17, 15) is 4.79 Å². The quantitative estimate of drug-likeness (QED) is 0.845. The van der Waals surface area contributed by atoms with E-state index in [1.54, 1.807) is 6.20 Å². The molecule has 0 spiro atoms. The molecule has 1 aliphatic rings. The molecule has 4 nitrogen and oxygen atoms in total. The van der Waals surface area contributed by atoms with Crippen molar-refractivity contribution in [2.45, 2.75) is 18.9 Å². The molecule has 1 saturated heterocycles. The maximum absolute atomic E-state index is 11.9. The van der Waals surface area contributed by atoms with Crippen molar-refractivity contribution < 1.29 is 4.79 Å².